The first-order valence-electron chi connectivity index (χ1n) is 9.65. The summed E-state index contributed by atoms with van der Waals surface area (Å²) in [5.41, 5.74) is 6.95. The molecule has 14 nitrogen and oxygen atoms in total. The molecular weight excluding hydrogens is 424 g/mol. The Kier molecular flexibility index (Phi) is 8.85. The lowest BCUT2D eigenvalue weighted by atomic mass is 10.1. The molecule has 0 aromatic carbocycles. The van der Waals surface area contributed by atoms with Gasteiger partial charge in [0.15, 0.2) is 6.04 Å². The Morgan fingerprint density at radius 2 is 1.62 bits per heavy atom. The number of hydrogen-bond acceptors (Lipinski definition) is 8. The van der Waals surface area contributed by atoms with Crippen LogP contribution in [0.1, 0.15) is 18.3 Å². The summed E-state index contributed by atoms with van der Waals surface area (Å²) < 4.78 is 0. The van der Waals surface area contributed by atoms with Crippen molar-refractivity contribution in [2.75, 3.05) is 6.54 Å². The summed E-state index contributed by atoms with van der Waals surface area (Å²) in [4.78, 5) is 61.5. The van der Waals surface area contributed by atoms with Crippen LogP contribution in [0.3, 0.4) is 0 Å². The van der Waals surface area contributed by atoms with Crippen LogP contribution in [-0.4, -0.2) is 84.6 Å². The van der Waals surface area contributed by atoms with E-state index in [1.54, 1.807) is 0 Å². The van der Waals surface area contributed by atoms with E-state index in [4.69, 9.17) is 10.8 Å². The molecule has 0 spiro atoms. The molecule has 0 aliphatic heterocycles. The number of carboxylic acid groups (broad SMARTS) is 1. The fraction of sp³-hybridized carbons (Fsp3) is 0.444. The summed E-state index contributed by atoms with van der Waals surface area (Å²) in [5.74, 6) is -3.54. The summed E-state index contributed by atoms with van der Waals surface area (Å²) in [6.45, 7) is 0.755. The Morgan fingerprint density at radius 1 is 1.03 bits per heavy atom. The van der Waals surface area contributed by atoms with Crippen LogP contribution in [-0.2, 0) is 32.0 Å². The molecule has 2 aromatic rings. The number of rotatable bonds is 12. The minimum Gasteiger partial charge on any atom is -0.480 e. The second-order valence-corrected chi connectivity index (χ2v) is 7.07. The highest BCUT2D eigenvalue weighted by molar-refractivity contribution is 5.92. The van der Waals surface area contributed by atoms with Crippen molar-refractivity contribution in [1.29, 1.82) is 0 Å². The van der Waals surface area contributed by atoms with Gasteiger partial charge in [-0.3, -0.25) is 14.4 Å². The van der Waals surface area contributed by atoms with E-state index in [1.165, 1.54) is 32.0 Å². The first kappa shape index (κ1) is 24.5. The van der Waals surface area contributed by atoms with E-state index in [0.29, 0.717) is 11.4 Å². The summed E-state index contributed by atoms with van der Waals surface area (Å²) in [5, 5.41) is 25.7. The molecule has 32 heavy (non-hydrogen) atoms. The van der Waals surface area contributed by atoms with E-state index in [2.05, 4.69) is 35.9 Å². The fourth-order valence-corrected chi connectivity index (χ4v) is 2.74. The predicted octanol–water partition coefficient (Wildman–Crippen LogP) is -3.20. The minimum absolute atomic E-state index is 0.0307. The monoisotopic (exact) mass is 450 g/mol. The van der Waals surface area contributed by atoms with E-state index in [1.807, 2.05) is 0 Å². The van der Waals surface area contributed by atoms with Gasteiger partial charge in [-0.25, -0.2) is 14.8 Å². The molecule has 174 valence electrons. The van der Waals surface area contributed by atoms with Gasteiger partial charge in [-0.1, -0.05) is 0 Å². The average Bonchev–Trinajstić information content (AvgIpc) is 3.43. The van der Waals surface area contributed by atoms with Crippen molar-refractivity contribution in [3.05, 3.63) is 36.4 Å². The second kappa shape index (κ2) is 11.6. The maximum Gasteiger partial charge on any atom is 0.328 e. The number of aromatic nitrogens is 4. The van der Waals surface area contributed by atoms with Crippen molar-refractivity contribution in [3.63, 3.8) is 0 Å². The normalized spacial score (nSPS) is 14.6. The molecule has 2 heterocycles. The second-order valence-electron chi connectivity index (χ2n) is 7.07. The van der Waals surface area contributed by atoms with Crippen LogP contribution in [0.2, 0.25) is 0 Å². The van der Waals surface area contributed by atoms with Crippen LogP contribution in [0.25, 0.3) is 0 Å². The molecular formula is C18H26N8O6. The van der Waals surface area contributed by atoms with Gasteiger partial charge in [0.25, 0.3) is 0 Å². The largest absolute Gasteiger partial charge is 0.480 e. The third kappa shape index (κ3) is 7.48. The van der Waals surface area contributed by atoms with Crippen molar-refractivity contribution in [1.82, 2.24) is 35.9 Å². The maximum absolute atomic E-state index is 12.6. The van der Waals surface area contributed by atoms with Crippen LogP contribution >= 0.6 is 0 Å². The highest BCUT2D eigenvalue weighted by atomic mass is 16.4. The first-order valence-corrected chi connectivity index (χ1v) is 9.65. The lowest BCUT2D eigenvalue weighted by Crippen LogP contribution is -2.56. The predicted molar refractivity (Wildman–Crippen MR) is 109 cm³/mol. The number of aliphatic hydroxyl groups is 1. The van der Waals surface area contributed by atoms with E-state index >= 15 is 0 Å². The highest BCUT2D eigenvalue weighted by Crippen LogP contribution is 2.02. The quantitative estimate of drug-likeness (QED) is 0.162. The molecule has 0 aliphatic carbocycles. The third-order valence-electron chi connectivity index (χ3n) is 4.43. The smallest absolute Gasteiger partial charge is 0.328 e. The third-order valence-corrected chi connectivity index (χ3v) is 4.43. The molecule has 4 atom stereocenters. The average molecular weight is 450 g/mol. The summed E-state index contributed by atoms with van der Waals surface area (Å²) in [7, 11) is 0. The zero-order chi connectivity index (χ0) is 23.7. The molecule has 9 N–H and O–H groups in total. The Labute approximate surface area is 182 Å². The lowest BCUT2D eigenvalue weighted by Gasteiger charge is -2.22. The number of aliphatic carboxylic acids is 1. The number of nitrogens with two attached hydrogens (primary N) is 1. The van der Waals surface area contributed by atoms with Crippen LogP contribution in [0, 0.1) is 0 Å². The van der Waals surface area contributed by atoms with Crippen molar-refractivity contribution < 1.29 is 29.4 Å². The van der Waals surface area contributed by atoms with E-state index in [9.17, 15) is 24.3 Å². The number of aromatic amines is 2. The van der Waals surface area contributed by atoms with Crippen LogP contribution in [0.5, 0.6) is 0 Å². The summed E-state index contributed by atoms with van der Waals surface area (Å²) >= 11 is 0. The number of nitrogens with zero attached hydrogens (tertiary/aromatic N) is 2. The van der Waals surface area contributed by atoms with Gasteiger partial charge in [-0.15, -0.1) is 0 Å². The number of hydrogen-bond donors (Lipinski definition) is 8. The topological polar surface area (TPSA) is 228 Å². The van der Waals surface area contributed by atoms with Gasteiger partial charge in [0.05, 0.1) is 31.3 Å². The maximum atomic E-state index is 12.6. The van der Waals surface area contributed by atoms with Crippen molar-refractivity contribution in [2.24, 2.45) is 5.73 Å². The number of amides is 3. The zero-order valence-electron chi connectivity index (χ0n) is 17.2. The molecule has 0 bridgehead atoms. The number of carboxylic acids is 1. The van der Waals surface area contributed by atoms with Crippen LogP contribution in [0.15, 0.2) is 25.0 Å². The summed E-state index contributed by atoms with van der Waals surface area (Å²) in [6, 6.07) is -3.68. The van der Waals surface area contributed by atoms with Gasteiger partial charge in [-0.2, -0.15) is 0 Å². The fourth-order valence-electron chi connectivity index (χ4n) is 2.74. The number of nitrogens with one attached hydrogen (secondary N) is 5. The van der Waals surface area contributed by atoms with Crippen molar-refractivity contribution in [3.8, 4) is 0 Å². The summed E-state index contributed by atoms with van der Waals surface area (Å²) in [6.07, 6.45) is 4.58. The lowest BCUT2D eigenvalue weighted by molar-refractivity contribution is -0.145. The molecule has 0 saturated heterocycles. The van der Waals surface area contributed by atoms with Crippen molar-refractivity contribution in [2.45, 2.75) is 44.0 Å². The molecule has 3 amide bonds. The van der Waals surface area contributed by atoms with Gasteiger partial charge in [0.2, 0.25) is 17.7 Å². The molecule has 0 saturated carbocycles. The minimum atomic E-state index is -1.57. The Balaban J connectivity index is 1.95. The highest BCUT2D eigenvalue weighted by Gasteiger charge is 2.30. The van der Waals surface area contributed by atoms with E-state index in [-0.39, 0.29) is 12.8 Å². The van der Waals surface area contributed by atoms with E-state index in [0.717, 1.165) is 0 Å². The SMILES string of the molecule is CC(O)C(NC(=O)C(Cc1cnc[nH]1)NC(=O)CNC(=O)C(N)Cc1cnc[nH]1)C(=O)O. The number of H-pyrrole nitrogens is 2. The van der Waals surface area contributed by atoms with Gasteiger partial charge in [0.1, 0.15) is 6.04 Å². The Hall–Kier alpha value is -3.78. The van der Waals surface area contributed by atoms with Gasteiger partial charge < -0.3 is 41.9 Å². The molecule has 0 aliphatic rings. The number of carbonyl (C=O) groups is 4. The molecule has 0 fully saturated rings. The number of imidazole rings is 2. The number of carbonyl (C=O) groups excluding carboxylic acids is 3. The molecule has 2 rings (SSSR count). The Bertz CT molecular complexity index is 899. The van der Waals surface area contributed by atoms with Crippen molar-refractivity contribution >= 4 is 23.7 Å². The van der Waals surface area contributed by atoms with Crippen LogP contribution < -0.4 is 21.7 Å². The molecule has 4 unspecified atom stereocenters. The molecule has 14 heteroatoms. The van der Waals surface area contributed by atoms with Gasteiger partial charge in [0, 0.05) is 36.6 Å². The van der Waals surface area contributed by atoms with Gasteiger partial charge >= 0.3 is 5.97 Å². The molecule has 2 aromatic heterocycles. The molecule has 0 radical (unpaired) electrons. The number of aliphatic hydroxyl groups excluding tert-OH is 1. The first-order chi connectivity index (χ1) is 15.2. The van der Waals surface area contributed by atoms with E-state index < -0.39 is 54.5 Å². The van der Waals surface area contributed by atoms with Gasteiger partial charge in [-0.05, 0) is 6.92 Å². The van der Waals surface area contributed by atoms with Crippen LogP contribution in [0.4, 0.5) is 0 Å². The Morgan fingerprint density at radius 3 is 2.12 bits per heavy atom. The standard InChI is InChI=1S/C18H26N8O6/c1-9(27)15(18(31)32)26-17(30)13(3-11-5-21-8-24-11)25-14(28)6-22-16(29)12(19)2-10-4-20-7-23-10/h4-5,7-9,12-13,15,27H,2-3,6,19H2,1H3,(H,20,23)(H,21,24)(H,22,29)(H,25,28)(H,26,30)(H,31,32). The zero-order valence-corrected chi connectivity index (χ0v) is 17.2.